The Morgan fingerprint density at radius 2 is 2.19 bits per heavy atom. The first-order chi connectivity index (χ1) is 12.9. The molecule has 3 rings (SSSR count). The van der Waals surface area contributed by atoms with Crippen molar-refractivity contribution in [2.24, 2.45) is 0 Å². The van der Waals surface area contributed by atoms with Crippen molar-refractivity contribution in [2.75, 3.05) is 19.0 Å². The van der Waals surface area contributed by atoms with Gasteiger partial charge in [0, 0.05) is 34.9 Å². The average molecular weight is 392 g/mol. The van der Waals surface area contributed by atoms with E-state index >= 15 is 0 Å². The number of nitrogens with zero attached hydrogens (tertiary/aromatic N) is 3. The van der Waals surface area contributed by atoms with E-state index in [1.54, 1.807) is 29.2 Å². The van der Waals surface area contributed by atoms with E-state index in [9.17, 15) is 9.59 Å². The van der Waals surface area contributed by atoms with Gasteiger partial charge in [-0.2, -0.15) is 5.10 Å². The molecule has 0 radical (unpaired) electrons. The molecule has 1 aromatic carbocycles. The number of urea groups is 1. The molecule has 8 nitrogen and oxygen atoms in total. The quantitative estimate of drug-likeness (QED) is 0.783. The summed E-state index contributed by atoms with van der Waals surface area (Å²) >= 11 is 5.96. The lowest BCUT2D eigenvalue weighted by Crippen LogP contribution is -2.40. The molecule has 27 heavy (non-hydrogen) atoms. The van der Waals surface area contributed by atoms with Gasteiger partial charge in [-0.25, -0.2) is 9.86 Å². The van der Waals surface area contributed by atoms with Gasteiger partial charge in [0.25, 0.3) is 5.91 Å². The number of hydrogen-bond acceptors (Lipinski definition) is 4. The minimum atomic E-state index is -0.331. The van der Waals surface area contributed by atoms with Gasteiger partial charge in [0.2, 0.25) is 0 Å². The molecule has 0 bridgehead atoms. The molecule has 1 aliphatic heterocycles. The summed E-state index contributed by atoms with van der Waals surface area (Å²) in [6.45, 7) is 4.51. The summed E-state index contributed by atoms with van der Waals surface area (Å²) in [4.78, 5) is 32.2. The van der Waals surface area contributed by atoms with Crippen LogP contribution in [0.15, 0.2) is 24.3 Å². The van der Waals surface area contributed by atoms with Gasteiger partial charge in [0.15, 0.2) is 5.69 Å². The SMILES string of the molecule is CON(C(=O)c1n[nH]c2c1CN(C(=O)Nc1cccc(Cl)c1)CC2)C(C)C. The first-order valence-electron chi connectivity index (χ1n) is 8.66. The van der Waals surface area contributed by atoms with Crippen LogP contribution < -0.4 is 5.32 Å². The second-order valence-electron chi connectivity index (χ2n) is 6.55. The normalized spacial score (nSPS) is 13.4. The Kier molecular flexibility index (Phi) is 5.67. The van der Waals surface area contributed by atoms with Crippen LogP contribution in [-0.2, 0) is 17.8 Å². The van der Waals surface area contributed by atoms with E-state index in [2.05, 4.69) is 15.5 Å². The van der Waals surface area contributed by atoms with E-state index in [4.69, 9.17) is 16.4 Å². The third kappa shape index (κ3) is 4.06. The summed E-state index contributed by atoms with van der Waals surface area (Å²) in [7, 11) is 1.45. The maximum atomic E-state index is 12.7. The topological polar surface area (TPSA) is 90.6 Å². The standard InChI is InChI=1S/C18H22ClN5O3/c1-11(2)24(27-3)17(25)16-14-10-23(8-7-15(14)21-22-16)18(26)20-13-6-4-5-12(19)9-13/h4-6,9,11H,7-8,10H2,1-3H3,(H,20,26)(H,21,22). The monoisotopic (exact) mass is 391 g/mol. The van der Waals surface area contributed by atoms with Crippen LogP contribution in [0, 0.1) is 0 Å². The zero-order valence-electron chi connectivity index (χ0n) is 15.5. The van der Waals surface area contributed by atoms with Crippen LogP contribution in [0.1, 0.15) is 35.6 Å². The fourth-order valence-corrected chi connectivity index (χ4v) is 3.24. The lowest BCUT2D eigenvalue weighted by molar-refractivity contribution is -0.115. The number of benzene rings is 1. The fraction of sp³-hybridized carbons (Fsp3) is 0.389. The zero-order valence-corrected chi connectivity index (χ0v) is 16.2. The molecule has 0 fully saturated rings. The van der Waals surface area contributed by atoms with Crippen LogP contribution in [0.3, 0.4) is 0 Å². The molecule has 2 heterocycles. The maximum Gasteiger partial charge on any atom is 0.322 e. The van der Waals surface area contributed by atoms with Crippen molar-refractivity contribution in [2.45, 2.75) is 32.9 Å². The van der Waals surface area contributed by atoms with E-state index in [1.807, 2.05) is 13.8 Å². The van der Waals surface area contributed by atoms with Crippen molar-refractivity contribution in [3.05, 3.63) is 46.2 Å². The summed E-state index contributed by atoms with van der Waals surface area (Å²) in [5, 5.41) is 11.7. The van der Waals surface area contributed by atoms with Gasteiger partial charge in [-0.15, -0.1) is 0 Å². The Morgan fingerprint density at radius 1 is 1.41 bits per heavy atom. The molecule has 0 unspecified atom stereocenters. The van der Waals surface area contributed by atoms with Crippen molar-refractivity contribution in [3.8, 4) is 0 Å². The predicted molar refractivity (Wildman–Crippen MR) is 101 cm³/mol. The summed E-state index contributed by atoms with van der Waals surface area (Å²) in [6, 6.07) is 6.57. The number of carbonyl (C=O) groups excluding carboxylic acids is 2. The minimum absolute atomic E-state index is 0.138. The number of anilines is 1. The highest BCUT2D eigenvalue weighted by molar-refractivity contribution is 6.30. The van der Waals surface area contributed by atoms with Crippen molar-refractivity contribution < 1.29 is 14.4 Å². The Balaban J connectivity index is 1.76. The van der Waals surface area contributed by atoms with Crippen molar-refractivity contribution in [1.29, 1.82) is 0 Å². The van der Waals surface area contributed by atoms with Crippen molar-refractivity contribution in [3.63, 3.8) is 0 Å². The molecule has 0 aliphatic carbocycles. The van der Waals surface area contributed by atoms with Crippen LogP contribution in [0.5, 0.6) is 0 Å². The van der Waals surface area contributed by atoms with Crippen LogP contribution in [0.2, 0.25) is 5.02 Å². The molecular weight excluding hydrogens is 370 g/mol. The van der Waals surface area contributed by atoms with E-state index in [-0.39, 0.29) is 30.2 Å². The molecule has 0 saturated heterocycles. The number of aromatic nitrogens is 2. The number of carbonyl (C=O) groups is 2. The van der Waals surface area contributed by atoms with Crippen LogP contribution in [0.4, 0.5) is 10.5 Å². The fourth-order valence-electron chi connectivity index (χ4n) is 3.05. The largest absolute Gasteiger partial charge is 0.322 e. The summed E-state index contributed by atoms with van der Waals surface area (Å²) < 4.78 is 0. The van der Waals surface area contributed by atoms with Gasteiger partial charge >= 0.3 is 6.03 Å². The molecule has 0 spiro atoms. The van der Waals surface area contributed by atoms with E-state index in [0.717, 1.165) is 11.3 Å². The number of hydrogen-bond donors (Lipinski definition) is 2. The summed E-state index contributed by atoms with van der Waals surface area (Å²) in [5.41, 5.74) is 2.48. The first-order valence-corrected chi connectivity index (χ1v) is 9.03. The highest BCUT2D eigenvalue weighted by atomic mass is 35.5. The number of nitrogens with one attached hydrogen (secondary N) is 2. The number of aromatic amines is 1. The van der Waals surface area contributed by atoms with Gasteiger partial charge in [0.1, 0.15) is 0 Å². The third-order valence-electron chi connectivity index (χ3n) is 4.37. The number of fused-ring (bicyclic) bond motifs is 1. The Bertz CT molecular complexity index is 851. The van der Waals surface area contributed by atoms with Crippen LogP contribution in [-0.4, -0.2) is 51.8 Å². The molecule has 3 amide bonds. The number of H-pyrrole nitrogens is 1. The zero-order chi connectivity index (χ0) is 19.6. The lowest BCUT2D eigenvalue weighted by atomic mass is 10.0. The summed E-state index contributed by atoms with van der Waals surface area (Å²) in [5.74, 6) is -0.331. The molecule has 1 aromatic heterocycles. The van der Waals surface area contributed by atoms with Gasteiger partial charge in [-0.3, -0.25) is 14.7 Å². The number of halogens is 1. The molecule has 0 atom stereocenters. The predicted octanol–water partition coefficient (Wildman–Crippen LogP) is 3.07. The number of hydroxylamine groups is 2. The second-order valence-corrected chi connectivity index (χ2v) is 6.99. The van der Waals surface area contributed by atoms with Gasteiger partial charge in [0.05, 0.1) is 19.7 Å². The highest BCUT2D eigenvalue weighted by Crippen LogP contribution is 2.23. The van der Waals surface area contributed by atoms with Gasteiger partial charge < -0.3 is 10.2 Å². The summed E-state index contributed by atoms with van der Waals surface area (Å²) in [6.07, 6.45) is 0.591. The van der Waals surface area contributed by atoms with E-state index < -0.39 is 0 Å². The third-order valence-corrected chi connectivity index (χ3v) is 4.60. The van der Waals surface area contributed by atoms with E-state index in [1.165, 1.54) is 12.2 Å². The number of amides is 3. The molecule has 0 saturated carbocycles. The van der Waals surface area contributed by atoms with Crippen LogP contribution >= 0.6 is 11.6 Å². The molecule has 9 heteroatoms. The Morgan fingerprint density at radius 3 is 2.85 bits per heavy atom. The van der Waals surface area contributed by atoms with Gasteiger partial charge in [-0.05, 0) is 32.0 Å². The molecule has 2 N–H and O–H groups in total. The van der Waals surface area contributed by atoms with E-state index in [0.29, 0.717) is 23.7 Å². The second kappa shape index (κ2) is 7.98. The van der Waals surface area contributed by atoms with Crippen molar-refractivity contribution in [1.82, 2.24) is 20.2 Å². The van der Waals surface area contributed by atoms with Crippen LogP contribution in [0.25, 0.3) is 0 Å². The minimum Gasteiger partial charge on any atom is -0.320 e. The molecule has 144 valence electrons. The highest BCUT2D eigenvalue weighted by Gasteiger charge is 2.31. The first kappa shape index (κ1) is 19.2. The molecule has 1 aliphatic rings. The molecular formula is C18H22ClN5O3. The Labute approximate surface area is 162 Å². The van der Waals surface area contributed by atoms with Gasteiger partial charge in [-0.1, -0.05) is 17.7 Å². The smallest absolute Gasteiger partial charge is 0.320 e. The Hall–Kier alpha value is -2.58. The molecule has 2 aromatic rings. The lowest BCUT2D eigenvalue weighted by Gasteiger charge is -2.28. The average Bonchev–Trinajstić information content (AvgIpc) is 3.05. The van der Waals surface area contributed by atoms with Crippen molar-refractivity contribution >= 4 is 29.2 Å². The number of rotatable bonds is 4. The maximum absolute atomic E-state index is 12.7.